The smallest absolute Gasteiger partial charge is 0.127 e. The maximum Gasteiger partial charge on any atom is 0.127 e. The number of hydrogen-bond donors (Lipinski definition) is 2. The summed E-state index contributed by atoms with van der Waals surface area (Å²) in [7, 11) is 0. The quantitative estimate of drug-likeness (QED) is 0.824. The van der Waals surface area contributed by atoms with Gasteiger partial charge in [-0.05, 0) is 30.5 Å². The first kappa shape index (κ1) is 13.4. The summed E-state index contributed by atoms with van der Waals surface area (Å²) in [6.45, 7) is 6.07. The molecule has 0 spiro atoms. The fourth-order valence-corrected chi connectivity index (χ4v) is 1.90. The first-order valence-corrected chi connectivity index (χ1v) is 6.78. The highest BCUT2D eigenvalue weighted by Gasteiger charge is 1.99. The fourth-order valence-electron chi connectivity index (χ4n) is 1.90. The summed E-state index contributed by atoms with van der Waals surface area (Å²) in [6, 6.07) is 12.5. The van der Waals surface area contributed by atoms with Crippen molar-refractivity contribution in [3.63, 3.8) is 0 Å². The van der Waals surface area contributed by atoms with Crippen LogP contribution in [0.4, 0.5) is 11.5 Å². The molecule has 0 bridgehead atoms. The Hall–Kier alpha value is -2.03. The van der Waals surface area contributed by atoms with Gasteiger partial charge in [0.2, 0.25) is 0 Å². The van der Waals surface area contributed by atoms with Crippen molar-refractivity contribution in [3.05, 3.63) is 53.7 Å². The number of aryl methyl sites for hydroxylation is 1. The molecule has 19 heavy (non-hydrogen) atoms. The van der Waals surface area contributed by atoms with Gasteiger partial charge in [-0.2, -0.15) is 0 Å². The van der Waals surface area contributed by atoms with E-state index >= 15 is 0 Å². The predicted molar refractivity (Wildman–Crippen MR) is 81.5 cm³/mol. The number of pyridine rings is 1. The number of nitrogens with one attached hydrogen (secondary N) is 2. The van der Waals surface area contributed by atoms with Gasteiger partial charge in [0.25, 0.3) is 0 Å². The monoisotopic (exact) mass is 255 g/mol. The highest BCUT2D eigenvalue weighted by Crippen LogP contribution is 2.14. The number of rotatable bonds is 6. The second-order valence-electron chi connectivity index (χ2n) is 4.64. The van der Waals surface area contributed by atoms with E-state index in [1.165, 1.54) is 11.1 Å². The lowest BCUT2D eigenvalue weighted by Crippen LogP contribution is -2.04. The lowest BCUT2D eigenvalue weighted by atomic mass is 10.1. The number of anilines is 2. The van der Waals surface area contributed by atoms with Gasteiger partial charge in [0, 0.05) is 31.0 Å². The van der Waals surface area contributed by atoms with E-state index < -0.39 is 0 Å². The topological polar surface area (TPSA) is 37.0 Å². The van der Waals surface area contributed by atoms with Crippen LogP contribution < -0.4 is 10.6 Å². The Labute approximate surface area is 115 Å². The van der Waals surface area contributed by atoms with Crippen molar-refractivity contribution in [1.82, 2.24) is 4.98 Å². The molecule has 100 valence electrons. The summed E-state index contributed by atoms with van der Waals surface area (Å²) in [4.78, 5) is 4.30. The number of nitrogens with zero attached hydrogens (tertiary/aromatic N) is 1. The van der Waals surface area contributed by atoms with Crippen LogP contribution >= 0.6 is 0 Å². The van der Waals surface area contributed by atoms with E-state index in [-0.39, 0.29) is 0 Å². The normalized spacial score (nSPS) is 10.2. The van der Waals surface area contributed by atoms with Crippen LogP contribution in [0.15, 0.2) is 42.6 Å². The summed E-state index contributed by atoms with van der Waals surface area (Å²) in [5.41, 5.74) is 3.73. The van der Waals surface area contributed by atoms with Gasteiger partial charge in [-0.3, -0.25) is 0 Å². The first-order valence-electron chi connectivity index (χ1n) is 6.78. The second kappa shape index (κ2) is 6.78. The predicted octanol–water partition coefficient (Wildman–Crippen LogP) is 3.82. The zero-order valence-electron chi connectivity index (χ0n) is 11.6. The summed E-state index contributed by atoms with van der Waals surface area (Å²) in [5, 5.41) is 6.73. The second-order valence-corrected chi connectivity index (χ2v) is 4.64. The molecule has 0 saturated carbocycles. The Morgan fingerprint density at radius 1 is 1.11 bits per heavy atom. The minimum Gasteiger partial charge on any atom is -0.381 e. The molecule has 0 amide bonds. The third-order valence-corrected chi connectivity index (χ3v) is 3.06. The highest BCUT2D eigenvalue weighted by atomic mass is 15.0. The van der Waals surface area contributed by atoms with Gasteiger partial charge in [0.1, 0.15) is 5.82 Å². The molecule has 0 atom stereocenters. The first-order chi connectivity index (χ1) is 9.29. The van der Waals surface area contributed by atoms with Gasteiger partial charge in [0.15, 0.2) is 0 Å². The molecular formula is C16H21N3. The van der Waals surface area contributed by atoms with Crippen LogP contribution in [0.2, 0.25) is 0 Å². The van der Waals surface area contributed by atoms with Crippen LogP contribution in [-0.4, -0.2) is 11.5 Å². The van der Waals surface area contributed by atoms with Crippen molar-refractivity contribution in [3.8, 4) is 0 Å². The molecule has 3 heteroatoms. The Morgan fingerprint density at radius 3 is 2.74 bits per heavy atom. The van der Waals surface area contributed by atoms with E-state index in [0.29, 0.717) is 0 Å². The van der Waals surface area contributed by atoms with Gasteiger partial charge >= 0.3 is 0 Å². The molecule has 1 aromatic carbocycles. The fraction of sp³-hybridized carbons (Fsp3) is 0.312. The van der Waals surface area contributed by atoms with Crippen molar-refractivity contribution < 1.29 is 0 Å². The van der Waals surface area contributed by atoms with Gasteiger partial charge in [-0.25, -0.2) is 4.98 Å². The van der Waals surface area contributed by atoms with Gasteiger partial charge in [0.05, 0.1) is 0 Å². The van der Waals surface area contributed by atoms with Gasteiger partial charge in [-0.15, -0.1) is 0 Å². The number of hydrogen-bond acceptors (Lipinski definition) is 3. The van der Waals surface area contributed by atoms with Crippen molar-refractivity contribution in [2.75, 3.05) is 17.2 Å². The molecule has 0 aliphatic carbocycles. The lowest BCUT2D eigenvalue weighted by Gasteiger charge is -2.10. The zero-order valence-corrected chi connectivity index (χ0v) is 11.6. The van der Waals surface area contributed by atoms with Crippen molar-refractivity contribution in [2.45, 2.75) is 26.8 Å². The van der Waals surface area contributed by atoms with Crippen LogP contribution in [-0.2, 0) is 6.54 Å². The maximum absolute atomic E-state index is 4.30. The summed E-state index contributed by atoms with van der Waals surface area (Å²) >= 11 is 0. The van der Waals surface area contributed by atoms with Crippen LogP contribution in [0.25, 0.3) is 0 Å². The number of aromatic nitrogens is 1. The standard InChI is InChI=1S/C16H21N3/c1-3-9-17-16-11-15(8-10-18-16)19-12-14-7-5-4-6-13(14)2/h4-8,10-11H,3,9,12H2,1-2H3,(H2,17,18,19). The molecule has 0 fully saturated rings. The molecular weight excluding hydrogens is 234 g/mol. The van der Waals surface area contributed by atoms with Crippen LogP contribution in [0.3, 0.4) is 0 Å². The molecule has 3 nitrogen and oxygen atoms in total. The molecule has 1 aromatic heterocycles. The molecule has 2 aromatic rings. The van der Waals surface area contributed by atoms with E-state index in [2.05, 4.69) is 53.7 Å². The summed E-state index contributed by atoms with van der Waals surface area (Å²) < 4.78 is 0. The van der Waals surface area contributed by atoms with Crippen molar-refractivity contribution in [2.24, 2.45) is 0 Å². The minimum absolute atomic E-state index is 0.837. The molecule has 1 heterocycles. The molecule has 0 unspecified atom stereocenters. The molecule has 2 rings (SSSR count). The van der Waals surface area contributed by atoms with E-state index in [9.17, 15) is 0 Å². The maximum atomic E-state index is 4.30. The van der Waals surface area contributed by atoms with E-state index in [0.717, 1.165) is 31.0 Å². The Bertz CT molecular complexity index is 523. The Kier molecular flexibility index (Phi) is 4.78. The summed E-state index contributed by atoms with van der Waals surface area (Å²) in [6.07, 6.45) is 2.93. The third-order valence-electron chi connectivity index (χ3n) is 3.06. The average molecular weight is 255 g/mol. The Morgan fingerprint density at radius 2 is 1.95 bits per heavy atom. The highest BCUT2D eigenvalue weighted by molar-refractivity contribution is 5.52. The van der Waals surface area contributed by atoms with Crippen molar-refractivity contribution >= 4 is 11.5 Å². The summed E-state index contributed by atoms with van der Waals surface area (Å²) in [5.74, 6) is 0.927. The molecule has 0 radical (unpaired) electrons. The molecule has 2 N–H and O–H groups in total. The van der Waals surface area contributed by atoms with Crippen molar-refractivity contribution in [1.29, 1.82) is 0 Å². The SMILES string of the molecule is CCCNc1cc(NCc2ccccc2C)ccn1. The molecule has 0 aliphatic heterocycles. The van der Waals surface area contributed by atoms with Crippen LogP contribution in [0.1, 0.15) is 24.5 Å². The Balaban J connectivity index is 1.98. The lowest BCUT2D eigenvalue weighted by molar-refractivity contribution is 0.969. The van der Waals surface area contributed by atoms with E-state index in [1.807, 2.05) is 18.3 Å². The zero-order chi connectivity index (χ0) is 13.5. The van der Waals surface area contributed by atoms with E-state index in [1.54, 1.807) is 0 Å². The van der Waals surface area contributed by atoms with Crippen LogP contribution in [0, 0.1) is 6.92 Å². The largest absolute Gasteiger partial charge is 0.381 e. The third kappa shape index (κ3) is 3.98. The molecule has 0 saturated heterocycles. The van der Waals surface area contributed by atoms with E-state index in [4.69, 9.17) is 0 Å². The van der Waals surface area contributed by atoms with Crippen LogP contribution in [0.5, 0.6) is 0 Å². The number of benzene rings is 1. The molecule has 0 aliphatic rings. The van der Waals surface area contributed by atoms with Gasteiger partial charge < -0.3 is 10.6 Å². The van der Waals surface area contributed by atoms with Gasteiger partial charge in [-0.1, -0.05) is 31.2 Å². The minimum atomic E-state index is 0.837. The average Bonchev–Trinajstić information content (AvgIpc) is 2.45.